The Kier molecular flexibility index (Phi) is 4.74. The molecule has 0 bridgehead atoms. The number of pyridine rings is 1. The van der Waals surface area contributed by atoms with Gasteiger partial charge < -0.3 is 10.5 Å². The van der Waals surface area contributed by atoms with Gasteiger partial charge in [-0.15, -0.1) is 0 Å². The molecule has 0 saturated heterocycles. The van der Waals surface area contributed by atoms with Crippen LogP contribution in [0.5, 0.6) is 5.88 Å². The van der Waals surface area contributed by atoms with Crippen LogP contribution in [0.1, 0.15) is 27.2 Å². The van der Waals surface area contributed by atoms with Gasteiger partial charge in [0.1, 0.15) is 6.61 Å². The van der Waals surface area contributed by atoms with E-state index in [9.17, 15) is 0 Å². The third-order valence-electron chi connectivity index (χ3n) is 2.12. The van der Waals surface area contributed by atoms with Crippen molar-refractivity contribution in [2.75, 3.05) is 6.61 Å². The maximum absolute atomic E-state index is 6.14. The minimum atomic E-state index is -0.307. The standard InChI is InChI=1S/C12H19BrN2O/c1-9(2)7-12(3,14)8-16-11-6-10(13)4-5-15-11/h4-6,9H,7-8,14H2,1-3H3/t12-/m0/s1. The van der Waals surface area contributed by atoms with E-state index < -0.39 is 0 Å². The monoisotopic (exact) mass is 286 g/mol. The molecule has 0 fully saturated rings. The quantitative estimate of drug-likeness (QED) is 0.905. The molecule has 90 valence electrons. The van der Waals surface area contributed by atoms with Crippen LogP contribution >= 0.6 is 15.9 Å². The van der Waals surface area contributed by atoms with Crippen molar-refractivity contribution in [1.82, 2.24) is 4.98 Å². The third kappa shape index (κ3) is 4.94. The molecular weight excluding hydrogens is 268 g/mol. The van der Waals surface area contributed by atoms with E-state index in [0.717, 1.165) is 10.9 Å². The Bertz CT molecular complexity index is 340. The average molecular weight is 287 g/mol. The van der Waals surface area contributed by atoms with Gasteiger partial charge in [0.2, 0.25) is 5.88 Å². The second-order valence-electron chi connectivity index (χ2n) is 4.85. The molecule has 3 nitrogen and oxygen atoms in total. The fraction of sp³-hybridized carbons (Fsp3) is 0.583. The van der Waals surface area contributed by atoms with Crippen molar-refractivity contribution in [3.8, 4) is 5.88 Å². The molecule has 0 radical (unpaired) electrons. The Morgan fingerprint density at radius 1 is 1.56 bits per heavy atom. The summed E-state index contributed by atoms with van der Waals surface area (Å²) in [5, 5.41) is 0. The number of hydrogen-bond acceptors (Lipinski definition) is 3. The van der Waals surface area contributed by atoms with Gasteiger partial charge in [-0.1, -0.05) is 29.8 Å². The minimum Gasteiger partial charge on any atom is -0.476 e. The Morgan fingerprint density at radius 2 is 2.25 bits per heavy atom. The molecule has 0 spiro atoms. The van der Waals surface area contributed by atoms with Gasteiger partial charge in [0.25, 0.3) is 0 Å². The lowest BCUT2D eigenvalue weighted by Gasteiger charge is -2.26. The maximum atomic E-state index is 6.14. The van der Waals surface area contributed by atoms with Crippen molar-refractivity contribution < 1.29 is 4.74 Å². The molecule has 0 amide bonds. The van der Waals surface area contributed by atoms with Crippen LogP contribution in [0.2, 0.25) is 0 Å². The predicted molar refractivity (Wildman–Crippen MR) is 69.5 cm³/mol. The molecule has 2 N–H and O–H groups in total. The fourth-order valence-corrected chi connectivity index (χ4v) is 2.01. The fourth-order valence-electron chi connectivity index (χ4n) is 1.69. The Morgan fingerprint density at radius 3 is 2.81 bits per heavy atom. The molecule has 0 aliphatic heterocycles. The van der Waals surface area contributed by atoms with Gasteiger partial charge in [0.15, 0.2) is 0 Å². The van der Waals surface area contributed by atoms with E-state index in [1.54, 1.807) is 6.20 Å². The van der Waals surface area contributed by atoms with Crippen molar-refractivity contribution >= 4 is 15.9 Å². The first-order chi connectivity index (χ1) is 7.39. The summed E-state index contributed by atoms with van der Waals surface area (Å²) in [6.07, 6.45) is 2.64. The van der Waals surface area contributed by atoms with Gasteiger partial charge >= 0.3 is 0 Å². The Hall–Kier alpha value is -0.610. The van der Waals surface area contributed by atoms with Gasteiger partial charge in [0.05, 0.1) is 0 Å². The molecule has 1 heterocycles. The van der Waals surface area contributed by atoms with Crippen LogP contribution in [0.25, 0.3) is 0 Å². The summed E-state index contributed by atoms with van der Waals surface area (Å²) in [7, 11) is 0. The van der Waals surface area contributed by atoms with Crippen LogP contribution in [0.3, 0.4) is 0 Å². The zero-order valence-electron chi connectivity index (χ0n) is 10.0. The zero-order valence-corrected chi connectivity index (χ0v) is 11.6. The molecule has 4 heteroatoms. The highest BCUT2D eigenvalue weighted by Crippen LogP contribution is 2.18. The highest BCUT2D eigenvalue weighted by Gasteiger charge is 2.21. The van der Waals surface area contributed by atoms with E-state index in [-0.39, 0.29) is 5.54 Å². The highest BCUT2D eigenvalue weighted by molar-refractivity contribution is 9.10. The number of nitrogens with two attached hydrogens (primary N) is 1. The summed E-state index contributed by atoms with van der Waals surface area (Å²) >= 11 is 3.37. The van der Waals surface area contributed by atoms with E-state index in [4.69, 9.17) is 10.5 Å². The normalized spacial score (nSPS) is 14.9. The van der Waals surface area contributed by atoms with Crippen LogP contribution in [0.15, 0.2) is 22.8 Å². The smallest absolute Gasteiger partial charge is 0.214 e. The first-order valence-corrected chi connectivity index (χ1v) is 6.21. The summed E-state index contributed by atoms with van der Waals surface area (Å²) in [5.74, 6) is 1.17. The average Bonchev–Trinajstić information content (AvgIpc) is 2.13. The first kappa shape index (κ1) is 13.5. The second-order valence-corrected chi connectivity index (χ2v) is 5.77. The van der Waals surface area contributed by atoms with Crippen LogP contribution in [-0.4, -0.2) is 17.1 Å². The topological polar surface area (TPSA) is 48.1 Å². The van der Waals surface area contributed by atoms with Crippen LogP contribution < -0.4 is 10.5 Å². The number of hydrogen-bond donors (Lipinski definition) is 1. The Balaban J connectivity index is 2.50. The molecular formula is C12H19BrN2O. The third-order valence-corrected chi connectivity index (χ3v) is 2.61. The van der Waals surface area contributed by atoms with Crippen molar-refractivity contribution in [1.29, 1.82) is 0 Å². The summed E-state index contributed by atoms with van der Waals surface area (Å²) in [4.78, 5) is 4.11. The molecule has 1 aromatic rings. The molecule has 0 aliphatic rings. The lowest BCUT2D eigenvalue weighted by molar-refractivity contribution is 0.200. The van der Waals surface area contributed by atoms with E-state index in [2.05, 4.69) is 34.8 Å². The van der Waals surface area contributed by atoms with Gasteiger partial charge in [-0.3, -0.25) is 0 Å². The summed E-state index contributed by atoms with van der Waals surface area (Å²) in [6.45, 7) is 6.80. The van der Waals surface area contributed by atoms with Crippen LogP contribution in [-0.2, 0) is 0 Å². The van der Waals surface area contributed by atoms with Crippen molar-refractivity contribution in [2.24, 2.45) is 11.7 Å². The first-order valence-electron chi connectivity index (χ1n) is 5.42. The molecule has 1 aromatic heterocycles. The number of rotatable bonds is 5. The SMILES string of the molecule is CC(C)C[C@](C)(N)COc1cc(Br)ccn1. The molecule has 0 saturated carbocycles. The molecule has 0 aromatic carbocycles. The summed E-state index contributed by atoms with van der Waals surface area (Å²) in [5.41, 5.74) is 5.83. The lowest BCUT2D eigenvalue weighted by atomic mass is 9.93. The number of halogens is 1. The number of aromatic nitrogens is 1. The maximum Gasteiger partial charge on any atom is 0.214 e. The van der Waals surface area contributed by atoms with E-state index >= 15 is 0 Å². The van der Waals surface area contributed by atoms with Gasteiger partial charge in [-0.2, -0.15) is 0 Å². The zero-order chi connectivity index (χ0) is 12.2. The Labute approximate surface area is 106 Å². The van der Waals surface area contributed by atoms with E-state index in [1.807, 2.05) is 19.1 Å². The molecule has 1 rings (SSSR count). The summed E-state index contributed by atoms with van der Waals surface area (Å²) in [6, 6.07) is 3.70. The van der Waals surface area contributed by atoms with Crippen molar-refractivity contribution in [2.45, 2.75) is 32.7 Å². The molecule has 0 aliphatic carbocycles. The number of nitrogens with zero attached hydrogens (tertiary/aromatic N) is 1. The highest BCUT2D eigenvalue weighted by atomic mass is 79.9. The van der Waals surface area contributed by atoms with E-state index in [1.165, 1.54) is 0 Å². The number of ether oxygens (including phenoxy) is 1. The van der Waals surface area contributed by atoms with Gasteiger partial charge in [0, 0.05) is 22.3 Å². The summed E-state index contributed by atoms with van der Waals surface area (Å²) < 4.78 is 6.54. The largest absolute Gasteiger partial charge is 0.476 e. The lowest BCUT2D eigenvalue weighted by Crippen LogP contribution is -2.43. The predicted octanol–water partition coefficient (Wildman–Crippen LogP) is 2.99. The molecule has 1 atom stereocenters. The second kappa shape index (κ2) is 5.64. The molecule has 0 unspecified atom stereocenters. The van der Waals surface area contributed by atoms with Crippen molar-refractivity contribution in [3.05, 3.63) is 22.8 Å². The van der Waals surface area contributed by atoms with Crippen LogP contribution in [0.4, 0.5) is 0 Å². The van der Waals surface area contributed by atoms with E-state index in [0.29, 0.717) is 18.4 Å². The minimum absolute atomic E-state index is 0.307. The van der Waals surface area contributed by atoms with Crippen molar-refractivity contribution in [3.63, 3.8) is 0 Å². The molecule has 16 heavy (non-hydrogen) atoms. The van der Waals surface area contributed by atoms with Crippen LogP contribution in [0, 0.1) is 5.92 Å². The van der Waals surface area contributed by atoms with Gasteiger partial charge in [-0.05, 0) is 25.3 Å². The van der Waals surface area contributed by atoms with Gasteiger partial charge in [-0.25, -0.2) is 4.98 Å².